The van der Waals surface area contributed by atoms with Gasteiger partial charge in [-0.05, 0) is 74.3 Å². The van der Waals surface area contributed by atoms with E-state index in [1.54, 1.807) is 29.2 Å². The molecule has 2 aromatic carbocycles. The molecule has 8 heteroatoms. The largest absolute Gasteiger partial charge is 0.375 e. The first kappa shape index (κ1) is 20.9. The second kappa shape index (κ2) is 9.20. The van der Waals surface area contributed by atoms with E-state index >= 15 is 0 Å². The molecule has 2 amide bonds. The molecule has 1 aliphatic rings. The second-order valence-electron chi connectivity index (χ2n) is 7.82. The SMILES string of the molecule is CC1CCN(CCN(C(=O)Nc2ccc(Cl)cc2)c2ccc3nc(N)sc3c2)CC1. The third-order valence-corrected chi connectivity index (χ3v) is 6.66. The summed E-state index contributed by atoms with van der Waals surface area (Å²) in [5, 5.41) is 4.15. The molecule has 0 bridgehead atoms. The number of nitrogens with zero attached hydrogens (tertiary/aromatic N) is 3. The van der Waals surface area contributed by atoms with E-state index < -0.39 is 0 Å². The lowest BCUT2D eigenvalue weighted by Crippen LogP contribution is -2.43. The smallest absolute Gasteiger partial charge is 0.326 e. The van der Waals surface area contributed by atoms with E-state index in [-0.39, 0.29) is 6.03 Å². The number of aromatic nitrogens is 1. The number of amides is 2. The van der Waals surface area contributed by atoms with Gasteiger partial charge in [-0.25, -0.2) is 9.78 Å². The van der Waals surface area contributed by atoms with Gasteiger partial charge in [0.25, 0.3) is 0 Å². The van der Waals surface area contributed by atoms with Crippen LogP contribution in [-0.2, 0) is 0 Å². The second-order valence-corrected chi connectivity index (χ2v) is 9.32. The van der Waals surface area contributed by atoms with Gasteiger partial charge in [0.05, 0.1) is 10.2 Å². The number of rotatable bonds is 5. The number of urea groups is 1. The third-order valence-electron chi connectivity index (χ3n) is 5.56. The summed E-state index contributed by atoms with van der Waals surface area (Å²) in [6.45, 7) is 5.91. The quantitative estimate of drug-likeness (QED) is 0.560. The van der Waals surface area contributed by atoms with Crippen LogP contribution in [0.15, 0.2) is 42.5 Å². The normalized spacial score (nSPS) is 15.4. The Morgan fingerprint density at radius 2 is 2.00 bits per heavy atom. The van der Waals surface area contributed by atoms with Gasteiger partial charge in [0, 0.05) is 29.5 Å². The molecule has 4 rings (SSSR count). The molecule has 3 aromatic rings. The molecule has 0 saturated carbocycles. The number of carbonyl (C=O) groups excluding carboxylic acids is 1. The number of hydrogen-bond donors (Lipinski definition) is 2. The Morgan fingerprint density at radius 3 is 2.73 bits per heavy atom. The number of anilines is 3. The zero-order valence-electron chi connectivity index (χ0n) is 17.0. The number of benzene rings is 2. The number of nitrogens with two attached hydrogens (primary N) is 1. The minimum Gasteiger partial charge on any atom is -0.375 e. The molecule has 2 heterocycles. The molecule has 1 fully saturated rings. The minimum absolute atomic E-state index is 0.167. The molecule has 30 heavy (non-hydrogen) atoms. The van der Waals surface area contributed by atoms with E-state index in [1.165, 1.54) is 24.2 Å². The fraction of sp³-hybridized carbons (Fsp3) is 0.364. The molecule has 1 aliphatic heterocycles. The monoisotopic (exact) mass is 443 g/mol. The van der Waals surface area contributed by atoms with E-state index in [0.717, 1.165) is 41.5 Å². The Bertz CT molecular complexity index is 1010. The predicted molar refractivity (Wildman–Crippen MR) is 127 cm³/mol. The maximum absolute atomic E-state index is 13.2. The van der Waals surface area contributed by atoms with Crippen molar-refractivity contribution in [1.82, 2.24) is 9.88 Å². The van der Waals surface area contributed by atoms with E-state index in [9.17, 15) is 4.79 Å². The zero-order valence-corrected chi connectivity index (χ0v) is 18.5. The van der Waals surface area contributed by atoms with Gasteiger partial charge < -0.3 is 16.0 Å². The molecule has 1 aromatic heterocycles. The van der Waals surface area contributed by atoms with Crippen LogP contribution in [0.5, 0.6) is 0 Å². The number of nitrogen functional groups attached to an aromatic ring is 1. The van der Waals surface area contributed by atoms with Crippen LogP contribution in [0.4, 0.5) is 21.3 Å². The first-order valence-electron chi connectivity index (χ1n) is 10.2. The van der Waals surface area contributed by atoms with Gasteiger partial charge in [-0.15, -0.1) is 0 Å². The summed E-state index contributed by atoms with van der Waals surface area (Å²) in [6, 6.07) is 12.8. The first-order valence-corrected chi connectivity index (χ1v) is 11.4. The van der Waals surface area contributed by atoms with Crippen molar-refractivity contribution < 1.29 is 4.79 Å². The lowest BCUT2D eigenvalue weighted by atomic mass is 9.99. The number of carbonyl (C=O) groups is 1. The fourth-order valence-corrected chi connectivity index (χ4v) is 4.59. The molecule has 0 spiro atoms. The molecule has 0 atom stereocenters. The highest BCUT2D eigenvalue weighted by Crippen LogP contribution is 2.29. The van der Waals surface area contributed by atoms with Crippen molar-refractivity contribution in [2.24, 2.45) is 5.92 Å². The standard InChI is InChI=1S/C22H26ClN5OS/c1-15-8-10-27(11-9-15)12-13-28(22(29)25-17-4-2-16(23)3-5-17)18-6-7-19-20(14-18)30-21(24)26-19/h2-7,14-15H,8-13H2,1H3,(H2,24,26)(H,25,29). The van der Waals surface area contributed by atoms with Gasteiger partial charge in [-0.2, -0.15) is 0 Å². The van der Waals surface area contributed by atoms with Gasteiger partial charge in [-0.1, -0.05) is 29.9 Å². The van der Waals surface area contributed by atoms with Crippen molar-refractivity contribution in [2.75, 3.05) is 42.1 Å². The van der Waals surface area contributed by atoms with Crippen LogP contribution in [0.1, 0.15) is 19.8 Å². The number of hydrogen-bond acceptors (Lipinski definition) is 5. The molecular weight excluding hydrogens is 418 g/mol. The molecule has 6 nitrogen and oxygen atoms in total. The lowest BCUT2D eigenvalue weighted by molar-refractivity contribution is 0.196. The predicted octanol–water partition coefficient (Wildman–Crippen LogP) is 5.30. The molecule has 1 saturated heterocycles. The van der Waals surface area contributed by atoms with Gasteiger partial charge in [0.15, 0.2) is 5.13 Å². The Kier molecular flexibility index (Phi) is 6.41. The fourth-order valence-electron chi connectivity index (χ4n) is 3.70. The topological polar surface area (TPSA) is 74.5 Å². The molecule has 158 valence electrons. The first-order chi connectivity index (χ1) is 14.5. The van der Waals surface area contributed by atoms with Gasteiger partial charge in [-0.3, -0.25) is 4.90 Å². The molecule has 0 unspecified atom stereocenters. The summed E-state index contributed by atoms with van der Waals surface area (Å²) in [6.07, 6.45) is 2.42. The Morgan fingerprint density at radius 1 is 1.27 bits per heavy atom. The number of fused-ring (bicyclic) bond motifs is 1. The zero-order chi connectivity index (χ0) is 21.1. The number of piperidine rings is 1. The molecule has 3 N–H and O–H groups in total. The van der Waals surface area contributed by atoms with Crippen LogP contribution in [0.2, 0.25) is 5.02 Å². The third kappa shape index (κ3) is 5.03. The minimum atomic E-state index is -0.167. The van der Waals surface area contributed by atoms with Crippen molar-refractivity contribution in [3.05, 3.63) is 47.5 Å². The summed E-state index contributed by atoms with van der Waals surface area (Å²) in [7, 11) is 0. The van der Waals surface area contributed by atoms with E-state index in [4.69, 9.17) is 17.3 Å². The van der Waals surface area contributed by atoms with Gasteiger partial charge in [0.1, 0.15) is 0 Å². The average Bonchev–Trinajstić information content (AvgIpc) is 3.10. The number of thiazole rings is 1. The van der Waals surface area contributed by atoms with Crippen LogP contribution in [0, 0.1) is 5.92 Å². The lowest BCUT2D eigenvalue weighted by Gasteiger charge is -2.32. The molecule has 0 aliphatic carbocycles. The molecular formula is C22H26ClN5OS. The summed E-state index contributed by atoms with van der Waals surface area (Å²) < 4.78 is 0.973. The molecule has 0 radical (unpaired) electrons. The highest BCUT2D eigenvalue weighted by atomic mass is 35.5. The maximum atomic E-state index is 13.2. The van der Waals surface area contributed by atoms with E-state index in [2.05, 4.69) is 22.1 Å². The Balaban J connectivity index is 1.54. The van der Waals surface area contributed by atoms with Crippen molar-refractivity contribution >= 4 is 55.7 Å². The van der Waals surface area contributed by atoms with Gasteiger partial charge >= 0.3 is 6.03 Å². The van der Waals surface area contributed by atoms with Crippen molar-refractivity contribution in [3.63, 3.8) is 0 Å². The number of nitrogens with one attached hydrogen (secondary N) is 1. The summed E-state index contributed by atoms with van der Waals surface area (Å²) in [4.78, 5) is 21.7. The van der Waals surface area contributed by atoms with Crippen LogP contribution in [0.3, 0.4) is 0 Å². The van der Waals surface area contributed by atoms with Crippen molar-refractivity contribution in [1.29, 1.82) is 0 Å². The maximum Gasteiger partial charge on any atom is 0.326 e. The van der Waals surface area contributed by atoms with E-state index in [0.29, 0.717) is 22.4 Å². The highest BCUT2D eigenvalue weighted by Gasteiger charge is 2.21. The summed E-state index contributed by atoms with van der Waals surface area (Å²) in [5.74, 6) is 0.782. The van der Waals surface area contributed by atoms with Crippen molar-refractivity contribution in [2.45, 2.75) is 19.8 Å². The summed E-state index contributed by atoms with van der Waals surface area (Å²) in [5.41, 5.74) is 8.25. The van der Waals surface area contributed by atoms with Crippen LogP contribution >= 0.6 is 22.9 Å². The number of halogens is 1. The van der Waals surface area contributed by atoms with Crippen molar-refractivity contribution in [3.8, 4) is 0 Å². The number of likely N-dealkylation sites (tertiary alicyclic amines) is 1. The van der Waals surface area contributed by atoms with Gasteiger partial charge in [0.2, 0.25) is 0 Å². The Labute approximate surface area is 185 Å². The highest BCUT2D eigenvalue weighted by molar-refractivity contribution is 7.22. The summed E-state index contributed by atoms with van der Waals surface area (Å²) >= 11 is 7.40. The average molecular weight is 444 g/mol. The Hall–Kier alpha value is -2.35. The van der Waals surface area contributed by atoms with E-state index in [1.807, 2.05) is 18.2 Å². The van der Waals surface area contributed by atoms with Crippen LogP contribution in [0.25, 0.3) is 10.2 Å². The van der Waals surface area contributed by atoms with Crippen LogP contribution < -0.4 is 16.0 Å². The van der Waals surface area contributed by atoms with Crippen LogP contribution in [-0.4, -0.2) is 42.1 Å².